The van der Waals surface area contributed by atoms with Gasteiger partial charge in [0.1, 0.15) is 0 Å². The average Bonchev–Trinajstić information content (AvgIpc) is 2.52. The van der Waals surface area contributed by atoms with Gasteiger partial charge in [0.2, 0.25) is 0 Å². The standard InChI is InChI=1S/C13H27NO/c1-5-6-12-7-8-14(9-12)10-13(3,4)11(2)15/h11-12,15H,5-10H2,1-4H3. The Morgan fingerprint density at radius 1 is 1.47 bits per heavy atom. The van der Waals surface area contributed by atoms with Crippen molar-refractivity contribution in [3.8, 4) is 0 Å². The molecule has 0 saturated carbocycles. The van der Waals surface area contributed by atoms with E-state index >= 15 is 0 Å². The van der Waals surface area contributed by atoms with E-state index in [1.54, 1.807) is 0 Å². The van der Waals surface area contributed by atoms with Crippen molar-refractivity contribution in [2.75, 3.05) is 19.6 Å². The van der Waals surface area contributed by atoms with E-state index in [2.05, 4.69) is 25.7 Å². The van der Waals surface area contributed by atoms with Crippen LogP contribution in [0, 0.1) is 11.3 Å². The SMILES string of the molecule is CCCC1CCN(CC(C)(C)C(C)O)C1. The van der Waals surface area contributed by atoms with Crippen molar-refractivity contribution < 1.29 is 5.11 Å². The number of rotatable bonds is 5. The molecule has 15 heavy (non-hydrogen) atoms. The van der Waals surface area contributed by atoms with Gasteiger partial charge in [-0.3, -0.25) is 0 Å². The third-order valence-electron chi connectivity index (χ3n) is 3.83. The van der Waals surface area contributed by atoms with Crippen LogP contribution < -0.4 is 0 Å². The van der Waals surface area contributed by atoms with Crippen LogP contribution in [0.2, 0.25) is 0 Å². The maximum absolute atomic E-state index is 9.68. The van der Waals surface area contributed by atoms with Gasteiger partial charge < -0.3 is 10.0 Å². The Bertz CT molecular complexity index is 189. The van der Waals surface area contributed by atoms with Crippen LogP contribution >= 0.6 is 0 Å². The van der Waals surface area contributed by atoms with E-state index in [1.807, 2.05) is 6.92 Å². The highest BCUT2D eigenvalue weighted by Gasteiger charge is 2.30. The predicted octanol–water partition coefficient (Wildman–Crippen LogP) is 2.52. The molecule has 1 rings (SSSR count). The minimum Gasteiger partial charge on any atom is -0.393 e. The van der Waals surface area contributed by atoms with Crippen molar-refractivity contribution >= 4 is 0 Å². The monoisotopic (exact) mass is 213 g/mol. The summed E-state index contributed by atoms with van der Waals surface area (Å²) in [6, 6.07) is 0. The van der Waals surface area contributed by atoms with E-state index in [4.69, 9.17) is 0 Å². The van der Waals surface area contributed by atoms with Crippen molar-refractivity contribution in [1.29, 1.82) is 0 Å². The summed E-state index contributed by atoms with van der Waals surface area (Å²) in [5, 5.41) is 9.68. The van der Waals surface area contributed by atoms with E-state index in [0.29, 0.717) is 0 Å². The molecule has 0 radical (unpaired) electrons. The molecule has 2 atom stereocenters. The molecule has 2 heteroatoms. The zero-order valence-corrected chi connectivity index (χ0v) is 10.8. The highest BCUT2D eigenvalue weighted by atomic mass is 16.3. The van der Waals surface area contributed by atoms with E-state index in [1.165, 1.54) is 32.4 Å². The first-order chi connectivity index (χ1) is 6.95. The summed E-state index contributed by atoms with van der Waals surface area (Å²) in [5.41, 5.74) is 0.0289. The normalized spacial score (nSPS) is 25.8. The van der Waals surface area contributed by atoms with Crippen molar-refractivity contribution in [1.82, 2.24) is 4.90 Å². The molecule has 2 nitrogen and oxygen atoms in total. The van der Waals surface area contributed by atoms with Crippen molar-refractivity contribution in [2.24, 2.45) is 11.3 Å². The molecule has 0 aromatic heterocycles. The number of aliphatic hydroxyl groups is 1. The van der Waals surface area contributed by atoms with Gasteiger partial charge in [0.25, 0.3) is 0 Å². The van der Waals surface area contributed by atoms with Gasteiger partial charge in [-0.2, -0.15) is 0 Å². The molecule has 1 aliphatic heterocycles. The summed E-state index contributed by atoms with van der Waals surface area (Å²) in [4.78, 5) is 2.52. The van der Waals surface area contributed by atoms with Crippen LogP contribution in [-0.4, -0.2) is 35.7 Å². The van der Waals surface area contributed by atoms with E-state index in [0.717, 1.165) is 12.5 Å². The molecule has 0 aromatic carbocycles. The lowest BCUT2D eigenvalue weighted by atomic mass is 9.87. The molecule has 1 heterocycles. The average molecular weight is 213 g/mol. The van der Waals surface area contributed by atoms with E-state index < -0.39 is 0 Å². The van der Waals surface area contributed by atoms with Gasteiger partial charge in [-0.1, -0.05) is 27.2 Å². The molecule has 0 aromatic rings. The second-order valence-electron chi connectivity index (χ2n) is 5.84. The fraction of sp³-hybridized carbons (Fsp3) is 1.00. The van der Waals surface area contributed by atoms with Gasteiger partial charge in [-0.25, -0.2) is 0 Å². The summed E-state index contributed by atoms with van der Waals surface area (Å²) in [6.45, 7) is 12.0. The van der Waals surface area contributed by atoms with Crippen LogP contribution in [0.4, 0.5) is 0 Å². The summed E-state index contributed by atoms with van der Waals surface area (Å²) in [5.74, 6) is 0.903. The highest BCUT2D eigenvalue weighted by Crippen LogP contribution is 2.27. The Balaban J connectivity index is 2.35. The maximum atomic E-state index is 9.68. The summed E-state index contributed by atoms with van der Waals surface area (Å²) in [7, 11) is 0. The molecule has 1 aliphatic rings. The fourth-order valence-corrected chi connectivity index (χ4v) is 2.41. The molecule has 1 N–H and O–H groups in total. The van der Waals surface area contributed by atoms with Crippen LogP contribution in [0.3, 0.4) is 0 Å². The highest BCUT2D eigenvalue weighted by molar-refractivity contribution is 4.83. The van der Waals surface area contributed by atoms with Crippen LogP contribution in [-0.2, 0) is 0 Å². The Labute approximate surface area is 94.7 Å². The smallest absolute Gasteiger partial charge is 0.0575 e. The quantitative estimate of drug-likeness (QED) is 0.758. The summed E-state index contributed by atoms with van der Waals surface area (Å²) < 4.78 is 0. The first-order valence-electron chi connectivity index (χ1n) is 6.36. The number of nitrogens with zero attached hydrogens (tertiary/aromatic N) is 1. The number of hydrogen-bond donors (Lipinski definition) is 1. The molecule has 1 saturated heterocycles. The van der Waals surface area contributed by atoms with Gasteiger partial charge in [0, 0.05) is 18.5 Å². The van der Waals surface area contributed by atoms with Gasteiger partial charge in [-0.05, 0) is 32.2 Å². The molecule has 0 bridgehead atoms. The number of aliphatic hydroxyl groups excluding tert-OH is 1. The lowest BCUT2D eigenvalue weighted by Gasteiger charge is -2.32. The van der Waals surface area contributed by atoms with Gasteiger partial charge in [0.05, 0.1) is 6.10 Å². The lowest BCUT2D eigenvalue weighted by molar-refractivity contribution is 0.0394. The van der Waals surface area contributed by atoms with E-state index in [9.17, 15) is 5.11 Å². The van der Waals surface area contributed by atoms with Crippen molar-refractivity contribution in [2.45, 2.75) is 53.1 Å². The van der Waals surface area contributed by atoms with Gasteiger partial charge >= 0.3 is 0 Å². The van der Waals surface area contributed by atoms with Crippen LogP contribution in [0.1, 0.15) is 47.0 Å². The van der Waals surface area contributed by atoms with Crippen LogP contribution in [0.15, 0.2) is 0 Å². The van der Waals surface area contributed by atoms with Gasteiger partial charge in [0.15, 0.2) is 0 Å². The maximum Gasteiger partial charge on any atom is 0.0575 e. The second kappa shape index (κ2) is 5.31. The molecule has 0 spiro atoms. The van der Waals surface area contributed by atoms with Crippen molar-refractivity contribution in [3.63, 3.8) is 0 Å². The van der Waals surface area contributed by atoms with Crippen LogP contribution in [0.5, 0.6) is 0 Å². The third-order valence-corrected chi connectivity index (χ3v) is 3.83. The first kappa shape index (κ1) is 13.0. The largest absolute Gasteiger partial charge is 0.393 e. The zero-order valence-electron chi connectivity index (χ0n) is 10.8. The topological polar surface area (TPSA) is 23.5 Å². The van der Waals surface area contributed by atoms with Crippen LogP contribution in [0.25, 0.3) is 0 Å². The zero-order chi connectivity index (χ0) is 11.5. The summed E-state index contributed by atoms with van der Waals surface area (Å²) >= 11 is 0. The molecule has 0 aliphatic carbocycles. The fourth-order valence-electron chi connectivity index (χ4n) is 2.41. The third kappa shape index (κ3) is 3.76. The second-order valence-corrected chi connectivity index (χ2v) is 5.84. The molecule has 90 valence electrons. The molecule has 0 amide bonds. The Hall–Kier alpha value is -0.0800. The minimum atomic E-state index is -0.220. The molecular weight excluding hydrogens is 186 g/mol. The summed E-state index contributed by atoms with van der Waals surface area (Å²) in [6.07, 6.45) is 3.80. The molecule has 2 unspecified atom stereocenters. The van der Waals surface area contributed by atoms with Crippen molar-refractivity contribution in [3.05, 3.63) is 0 Å². The Morgan fingerprint density at radius 2 is 2.13 bits per heavy atom. The number of likely N-dealkylation sites (tertiary alicyclic amines) is 1. The molecule has 1 fully saturated rings. The predicted molar refractivity (Wildman–Crippen MR) is 64.9 cm³/mol. The first-order valence-corrected chi connectivity index (χ1v) is 6.36. The van der Waals surface area contributed by atoms with Gasteiger partial charge in [-0.15, -0.1) is 0 Å². The van der Waals surface area contributed by atoms with E-state index in [-0.39, 0.29) is 11.5 Å². The Morgan fingerprint density at radius 3 is 2.67 bits per heavy atom. The molecular formula is C13H27NO. The lowest BCUT2D eigenvalue weighted by Crippen LogP contribution is -2.39. The Kier molecular flexibility index (Phi) is 4.60. The number of hydrogen-bond acceptors (Lipinski definition) is 2. The minimum absolute atomic E-state index is 0.0289.